The highest BCUT2D eigenvalue weighted by molar-refractivity contribution is 5.57. The molecule has 1 heterocycles. The Balaban J connectivity index is 2.41. The summed E-state index contributed by atoms with van der Waals surface area (Å²) in [7, 11) is 1.70. The molecule has 26 heavy (non-hydrogen) atoms. The monoisotopic (exact) mass is 367 g/mol. The van der Waals surface area contributed by atoms with Gasteiger partial charge in [0, 0.05) is 18.9 Å². The SMILES string of the molecule is CC(C)c1ccc(N(C)c2ncc(C(F)(F)F)c(OC(C)(C)C)n2)cc1. The molecule has 0 N–H and O–H groups in total. The molecule has 1 aromatic carbocycles. The van der Waals surface area contributed by atoms with Crippen molar-refractivity contribution in [1.82, 2.24) is 9.97 Å². The molecule has 4 nitrogen and oxygen atoms in total. The first-order valence-electron chi connectivity index (χ1n) is 8.35. The quantitative estimate of drug-likeness (QED) is 0.709. The maximum atomic E-state index is 13.2. The summed E-state index contributed by atoms with van der Waals surface area (Å²) in [6.07, 6.45) is -3.82. The molecule has 0 aliphatic heterocycles. The zero-order valence-corrected chi connectivity index (χ0v) is 15.8. The minimum absolute atomic E-state index is 0.134. The van der Waals surface area contributed by atoms with Crippen molar-refractivity contribution in [3.8, 4) is 5.88 Å². The lowest BCUT2D eigenvalue weighted by molar-refractivity contribution is -0.140. The molecule has 142 valence electrons. The van der Waals surface area contributed by atoms with Gasteiger partial charge < -0.3 is 9.64 Å². The zero-order chi connectivity index (χ0) is 19.7. The van der Waals surface area contributed by atoms with E-state index in [1.54, 1.807) is 32.7 Å². The third-order valence-corrected chi connectivity index (χ3v) is 3.70. The predicted octanol–water partition coefficient (Wildman–Crippen LogP) is 5.56. The summed E-state index contributed by atoms with van der Waals surface area (Å²) in [5.74, 6) is 0.0543. The average molecular weight is 367 g/mol. The molecule has 7 heteroatoms. The van der Waals surface area contributed by atoms with Crippen LogP contribution in [-0.4, -0.2) is 22.6 Å². The minimum atomic E-state index is -4.59. The smallest absolute Gasteiger partial charge is 0.423 e. The van der Waals surface area contributed by atoms with E-state index < -0.39 is 23.2 Å². The largest absolute Gasteiger partial charge is 0.471 e. The number of alkyl halides is 3. The van der Waals surface area contributed by atoms with Crippen molar-refractivity contribution in [2.24, 2.45) is 0 Å². The zero-order valence-electron chi connectivity index (χ0n) is 15.8. The molecule has 0 unspecified atom stereocenters. The van der Waals surface area contributed by atoms with E-state index in [9.17, 15) is 13.2 Å². The molecule has 2 aromatic rings. The van der Waals surface area contributed by atoms with Crippen LogP contribution in [0.15, 0.2) is 30.5 Å². The number of benzene rings is 1. The minimum Gasteiger partial charge on any atom is -0.471 e. The summed E-state index contributed by atoms with van der Waals surface area (Å²) >= 11 is 0. The Bertz CT molecular complexity index is 750. The second-order valence-corrected chi connectivity index (χ2v) is 7.41. The van der Waals surface area contributed by atoms with Crippen molar-refractivity contribution in [1.29, 1.82) is 0 Å². The summed E-state index contributed by atoms with van der Waals surface area (Å²) in [6.45, 7) is 9.19. The van der Waals surface area contributed by atoms with Gasteiger partial charge in [0.15, 0.2) is 0 Å². The summed E-state index contributed by atoms with van der Waals surface area (Å²) in [5, 5.41) is 0. The number of hydrogen-bond acceptors (Lipinski definition) is 4. The molecule has 0 radical (unpaired) electrons. The molecular formula is C19H24F3N3O. The second kappa shape index (κ2) is 7.13. The summed E-state index contributed by atoms with van der Waals surface area (Å²) in [6, 6.07) is 7.74. The number of halogens is 3. The Morgan fingerprint density at radius 1 is 1.04 bits per heavy atom. The summed E-state index contributed by atoms with van der Waals surface area (Å²) in [4.78, 5) is 9.54. The van der Waals surface area contributed by atoms with Crippen LogP contribution >= 0.6 is 0 Å². The molecule has 0 aliphatic carbocycles. The molecule has 0 atom stereocenters. The van der Waals surface area contributed by atoms with Gasteiger partial charge in [-0.1, -0.05) is 26.0 Å². The van der Waals surface area contributed by atoms with E-state index in [0.29, 0.717) is 5.92 Å². The van der Waals surface area contributed by atoms with E-state index >= 15 is 0 Å². The van der Waals surface area contributed by atoms with Crippen molar-refractivity contribution < 1.29 is 17.9 Å². The van der Waals surface area contributed by atoms with Crippen molar-refractivity contribution >= 4 is 11.6 Å². The van der Waals surface area contributed by atoms with Crippen LogP contribution in [0.2, 0.25) is 0 Å². The highest BCUT2D eigenvalue weighted by Gasteiger charge is 2.37. The fraction of sp³-hybridized carbons (Fsp3) is 0.474. The van der Waals surface area contributed by atoms with Crippen LogP contribution in [-0.2, 0) is 6.18 Å². The Morgan fingerprint density at radius 3 is 2.08 bits per heavy atom. The Hall–Kier alpha value is -2.31. The van der Waals surface area contributed by atoms with Crippen LogP contribution in [0.25, 0.3) is 0 Å². The maximum Gasteiger partial charge on any atom is 0.423 e. The van der Waals surface area contributed by atoms with Gasteiger partial charge in [-0.3, -0.25) is 0 Å². The fourth-order valence-electron chi connectivity index (χ4n) is 2.28. The Labute approximate surface area is 152 Å². The van der Waals surface area contributed by atoms with E-state index in [1.807, 2.05) is 24.3 Å². The standard InChI is InChI=1S/C19H24F3N3O/c1-12(2)13-7-9-14(10-8-13)25(6)17-23-11-15(19(20,21)22)16(24-17)26-18(3,4)5/h7-12H,1-6H3. The van der Waals surface area contributed by atoms with Crippen molar-refractivity contribution in [2.45, 2.75) is 52.3 Å². The van der Waals surface area contributed by atoms with Gasteiger partial charge in [-0.15, -0.1) is 0 Å². The first-order valence-corrected chi connectivity index (χ1v) is 8.35. The third kappa shape index (κ3) is 4.86. The number of anilines is 2. The third-order valence-electron chi connectivity index (χ3n) is 3.70. The summed E-state index contributed by atoms with van der Waals surface area (Å²) < 4.78 is 45.1. The van der Waals surface area contributed by atoms with Crippen molar-refractivity contribution in [3.05, 3.63) is 41.6 Å². The van der Waals surface area contributed by atoms with Crippen LogP contribution in [0.4, 0.5) is 24.8 Å². The molecule has 1 aromatic heterocycles. The van der Waals surface area contributed by atoms with Gasteiger partial charge in [0.05, 0.1) is 0 Å². The number of hydrogen-bond donors (Lipinski definition) is 0. The first-order chi connectivity index (χ1) is 11.9. The summed E-state index contributed by atoms with van der Waals surface area (Å²) in [5.41, 5.74) is 0.145. The van der Waals surface area contributed by atoms with Crippen LogP contribution in [0.1, 0.15) is 51.7 Å². The van der Waals surface area contributed by atoms with Gasteiger partial charge in [0.25, 0.3) is 0 Å². The highest BCUT2D eigenvalue weighted by atomic mass is 19.4. The van der Waals surface area contributed by atoms with E-state index in [2.05, 4.69) is 23.8 Å². The first kappa shape index (κ1) is 20.0. The van der Waals surface area contributed by atoms with Gasteiger partial charge in [0.2, 0.25) is 11.8 Å². The molecule has 2 rings (SSSR count). The van der Waals surface area contributed by atoms with E-state index in [4.69, 9.17) is 4.74 Å². The van der Waals surface area contributed by atoms with Gasteiger partial charge in [0.1, 0.15) is 11.2 Å². The van der Waals surface area contributed by atoms with Crippen LogP contribution in [0, 0.1) is 0 Å². The highest BCUT2D eigenvalue weighted by Crippen LogP contribution is 2.37. The number of ether oxygens (including phenoxy) is 1. The Kier molecular flexibility index (Phi) is 5.49. The van der Waals surface area contributed by atoms with Gasteiger partial charge in [-0.25, -0.2) is 4.98 Å². The maximum absolute atomic E-state index is 13.2. The molecule has 0 saturated carbocycles. The van der Waals surface area contributed by atoms with Gasteiger partial charge in [-0.05, 0) is 44.4 Å². The predicted molar refractivity (Wildman–Crippen MR) is 96.0 cm³/mol. The van der Waals surface area contributed by atoms with Crippen LogP contribution in [0.5, 0.6) is 5.88 Å². The molecule has 0 aliphatic rings. The van der Waals surface area contributed by atoms with E-state index in [-0.39, 0.29) is 5.95 Å². The van der Waals surface area contributed by atoms with Crippen LogP contribution in [0.3, 0.4) is 0 Å². The molecule has 0 fully saturated rings. The van der Waals surface area contributed by atoms with Gasteiger partial charge in [-0.2, -0.15) is 18.2 Å². The van der Waals surface area contributed by atoms with Crippen LogP contribution < -0.4 is 9.64 Å². The molecule has 0 amide bonds. The van der Waals surface area contributed by atoms with Crippen molar-refractivity contribution in [3.63, 3.8) is 0 Å². The number of rotatable bonds is 4. The normalized spacial score (nSPS) is 12.4. The topological polar surface area (TPSA) is 38.2 Å². The van der Waals surface area contributed by atoms with E-state index in [1.165, 1.54) is 5.56 Å². The molecule has 0 saturated heterocycles. The average Bonchev–Trinajstić information content (AvgIpc) is 2.51. The number of aromatic nitrogens is 2. The lowest BCUT2D eigenvalue weighted by Gasteiger charge is -2.24. The fourth-order valence-corrected chi connectivity index (χ4v) is 2.28. The second-order valence-electron chi connectivity index (χ2n) is 7.41. The van der Waals surface area contributed by atoms with Crippen molar-refractivity contribution in [2.75, 3.05) is 11.9 Å². The lowest BCUT2D eigenvalue weighted by atomic mass is 10.0. The number of nitrogens with zero attached hydrogens (tertiary/aromatic N) is 3. The Morgan fingerprint density at radius 2 is 1.62 bits per heavy atom. The lowest BCUT2D eigenvalue weighted by Crippen LogP contribution is -2.26. The molecule has 0 spiro atoms. The van der Waals surface area contributed by atoms with Gasteiger partial charge >= 0.3 is 6.18 Å². The molecular weight excluding hydrogens is 343 g/mol. The van der Waals surface area contributed by atoms with E-state index in [0.717, 1.165) is 11.9 Å². The molecule has 0 bridgehead atoms.